The van der Waals surface area contributed by atoms with Crippen molar-refractivity contribution in [3.8, 4) is 0 Å². The summed E-state index contributed by atoms with van der Waals surface area (Å²) >= 11 is 0. The highest BCUT2D eigenvalue weighted by Gasteiger charge is 2.42. The highest BCUT2D eigenvalue weighted by molar-refractivity contribution is 5.78. The summed E-state index contributed by atoms with van der Waals surface area (Å²) in [7, 11) is 0. The highest BCUT2D eigenvalue weighted by Crippen LogP contribution is 2.44. The van der Waals surface area contributed by atoms with Gasteiger partial charge >= 0.3 is 0 Å². The van der Waals surface area contributed by atoms with Crippen LogP contribution in [-0.4, -0.2) is 47.8 Å². The summed E-state index contributed by atoms with van der Waals surface area (Å²) in [6, 6.07) is 4.78. The van der Waals surface area contributed by atoms with E-state index in [4.69, 9.17) is 0 Å². The Morgan fingerprint density at radius 2 is 2.04 bits per heavy atom. The molecule has 0 aromatic carbocycles. The van der Waals surface area contributed by atoms with Crippen molar-refractivity contribution < 1.29 is 4.79 Å². The number of rotatable bonds is 8. The van der Waals surface area contributed by atoms with Gasteiger partial charge in [-0.15, -0.1) is 5.10 Å². The fourth-order valence-electron chi connectivity index (χ4n) is 3.92. The summed E-state index contributed by atoms with van der Waals surface area (Å²) < 4.78 is 0. The minimum Gasteiger partial charge on any atom is -0.352 e. The van der Waals surface area contributed by atoms with Crippen LogP contribution in [0.4, 0.5) is 5.82 Å². The van der Waals surface area contributed by atoms with E-state index in [1.54, 1.807) is 6.20 Å². The van der Waals surface area contributed by atoms with Gasteiger partial charge in [0.2, 0.25) is 5.91 Å². The predicted octanol–water partition coefficient (Wildman–Crippen LogP) is 1.34. The van der Waals surface area contributed by atoms with E-state index >= 15 is 0 Å². The van der Waals surface area contributed by atoms with Crippen LogP contribution in [0.25, 0.3) is 0 Å². The van der Waals surface area contributed by atoms with E-state index in [9.17, 15) is 4.79 Å². The molecule has 1 aliphatic heterocycles. The van der Waals surface area contributed by atoms with E-state index in [0.29, 0.717) is 18.6 Å². The number of hydrogen-bond donors (Lipinski definition) is 2. The van der Waals surface area contributed by atoms with Crippen molar-refractivity contribution in [3.63, 3.8) is 0 Å². The first-order valence-corrected chi connectivity index (χ1v) is 9.35. The van der Waals surface area contributed by atoms with Crippen LogP contribution in [0.1, 0.15) is 38.5 Å². The molecule has 1 amide bonds. The van der Waals surface area contributed by atoms with Crippen LogP contribution in [0.15, 0.2) is 18.3 Å². The van der Waals surface area contributed by atoms with E-state index < -0.39 is 0 Å². The molecule has 1 aromatic heterocycles. The maximum Gasteiger partial charge on any atom is 0.234 e. The molecule has 3 fully saturated rings. The van der Waals surface area contributed by atoms with Gasteiger partial charge < -0.3 is 15.5 Å². The molecule has 130 valence electrons. The minimum atomic E-state index is 0.155. The molecule has 2 N–H and O–H groups in total. The van der Waals surface area contributed by atoms with Gasteiger partial charge in [0.1, 0.15) is 0 Å². The van der Waals surface area contributed by atoms with Crippen LogP contribution in [0.3, 0.4) is 0 Å². The minimum absolute atomic E-state index is 0.155. The molecule has 3 aliphatic rings. The van der Waals surface area contributed by atoms with Crippen LogP contribution in [-0.2, 0) is 4.79 Å². The number of amides is 1. The second-order valence-electron chi connectivity index (χ2n) is 7.47. The van der Waals surface area contributed by atoms with E-state index in [-0.39, 0.29) is 5.91 Å². The van der Waals surface area contributed by atoms with Crippen LogP contribution in [0, 0.1) is 11.8 Å². The molecule has 0 spiro atoms. The topological polar surface area (TPSA) is 70.2 Å². The summed E-state index contributed by atoms with van der Waals surface area (Å²) in [5.74, 6) is 2.60. The Labute approximate surface area is 143 Å². The Bertz CT molecular complexity index is 546. The van der Waals surface area contributed by atoms with Gasteiger partial charge in [-0.3, -0.25) is 4.79 Å². The van der Waals surface area contributed by atoms with Gasteiger partial charge in [-0.1, -0.05) is 0 Å². The number of carbonyl (C=O) groups is 1. The number of nitrogens with one attached hydrogen (secondary N) is 2. The Morgan fingerprint density at radius 3 is 2.71 bits per heavy atom. The summed E-state index contributed by atoms with van der Waals surface area (Å²) in [6.07, 6.45) is 9.19. The Morgan fingerprint density at radius 1 is 1.25 bits per heavy atom. The molecule has 2 aliphatic carbocycles. The highest BCUT2D eigenvalue weighted by atomic mass is 16.2. The first-order chi connectivity index (χ1) is 11.8. The second kappa shape index (κ2) is 7.05. The Kier molecular flexibility index (Phi) is 4.65. The van der Waals surface area contributed by atoms with Crippen molar-refractivity contribution >= 4 is 11.7 Å². The van der Waals surface area contributed by atoms with Gasteiger partial charge in [0.25, 0.3) is 0 Å². The third-order valence-corrected chi connectivity index (χ3v) is 5.48. The molecule has 1 saturated heterocycles. The lowest BCUT2D eigenvalue weighted by molar-refractivity contribution is -0.121. The van der Waals surface area contributed by atoms with Gasteiger partial charge in [-0.25, -0.2) is 0 Å². The zero-order chi connectivity index (χ0) is 16.4. The first-order valence-electron chi connectivity index (χ1n) is 9.35. The summed E-state index contributed by atoms with van der Waals surface area (Å²) in [6.45, 7) is 2.25. The first kappa shape index (κ1) is 15.8. The van der Waals surface area contributed by atoms with Crippen LogP contribution in [0.2, 0.25) is 0 Å². The second-order valence-corrected chi connectivity index (χ2v) is 7.47. The third kappa shape index (κ3) is 3.86. The number of carbonyl (C=O) groups excluding carboxylic acids is 1. The Balaban J connectivity index is 1.22. The number of nitrogens with zero attached hydrogens (tertiary/aromatic N) is 3. The molecule has 24 heavy (non-hydrogen) atoms. The van der Waals surface area contributed by atoms with Crippen molar-refractivity contribution in [1.29, 1.82) is 0 Å². The van der Waals surface area contributed by atoms with Crippen molar-refractivity contribution in [2.45, 2.75) is 50.6 Å². The molecular weight excluding hydrogens is 302 g/mol. The quantitative estimate of drug-likeness (QED) is 0.753. The van der Waals surface area contributed by atoms with Crippen molar-refractivity contribution in [3.05, 3.63) is 18.3 Å². The molecular formula is C18H27N5O. The normalized spacial score (nSPS) is 23.7. The maximum atomic E-state index is 12.2. The van der Waals surface area contributed by atoms with Gasteiger partial charge in [0.15, 0.2) is 5.82 Å². The number of aromatic nitrogens is 2. The van der Waals surface area contributed by atoms with E-state index in [2.05, 4.69) is 25.7 Å². The lowest BCUT2D eigenvalue weighted by Gasteiger charge is -2.25. The lowest BCUT2D eigenvalue weighted by Crippen LogP contribution is -2.45. The standard InChI is InChI=1S/C18H27N5O/c24-17(21-18(13-5-6-13)14-7-8-14)12-19-11-15-3-2-10-23(15)16-4-1-9-20-22-16/h1,4,9,13-15,18-19H,2-3,5-8,10-12H2,(H,21,24). The monoisotopic (exact) mass is 329 g/mol. The lowest BCUT2D eigenvalue weighted by atomic mass is 10.1. The average Bonchev–Trinajstić information content (AvgIpc) is 3.52. The molecule has 1 atom stereocenters. The molecule has 1 unspecified atom stereocenters. The van der Waals surface area contributed by atoms with Gasteiger partial charge in [0, 0.05) is 31.4 Å². The fourth-order valence-corrected chi connectivity index (χ4v) is 3.92. The molecule has 2 saturated carbocycles. The van der Waals surface area contributed by atoms with Crippen molar-refractivity contribution in [1.82, 2.24) is 20.8 Å². The van der Waals surface area contributed by atoms with E-state index in [0.717, 1.165) is 37.2 Å². The van der Waals surface area contributed by atoms with Crippen LogP contribution < -0.4 is 15.5 Å². The molecule has 6 nitrogen and oxygen atoms in total. The molecule has 2 heterocycles. The number of anilines is 1. The van der Waals surface area contributed by atoms with Crippen molar-refractivity contribution in [2.24, 2.45) is 11.8 Å². The SMILES string of the molecule is O=C(CNCC1CCCN1c1cccnn1)NC(C1CC1)C1CC1. The summed E-state index contributed by atoms with van der Waals surface area (Å²) in [5.41, 5.74) is 0. The summed E-state index contributed by atoms with van der Waals surface area (Å²) in [5, 5.41) is 14.8. The zero-order valence-electron chi connectivity index (χ0n) is 14.2. The molecule has 4 rings (SSSR count). The smallest absolute Gasteiger partial charge is 0.234 e. The average molecular weight is 329 g/mol. The zero-order valence-corrected chi connectivity index (χ0v) is 14.2. The summed E-state index contributed by atoms with van der Waals surface area (Å²) in [4.78, 5) is 14.5. The molecule has 1 aromatic rings. The van der Waals surface area contributed by atoms with E-state index in [1.807, 2.05) is 12.1 Å². The molecule has 0 radical (unpaired) electrons. The van der Waals surface area contributed by atoms with E-state index in [1.165, 1.54) is 32.1 Å². The van der Waals surface area contributed by atoms with Gasteiger partial charge in [-0.2, -0.15) is 5.10 Å². The number of hydrogen-bond acceptors (Lipinski definition) is 5. The fraction of sp³-hybridized carbons (Fsp3) is 0.722. The van der Waals surface area contributed by atoms with Gasteiger partial charge in [0.05, 0.1) is 6.54 Å². The van der Waals surface area contributed by atoms with Crippen LogP contribution in [0.5, 0.6) is 0 Å². The largest absolute Gasteiger partial charge is 0.352 e. The van der Waals surface area contributed by atoms with Gasteiger partial charge in [-0.05, 0) is 62.5 Å². The predicted molar refractivity (Wildman–Crippen MR) is 92.6 cm³/mol. The maximum absolute atomic E-state index is 12.2. The Hall–Kier alpha value is -1.69. The van der Waals surface area contributed by atoms with Crippen molar-refractivity contribution in [2.75, 3.05) is 24.5 Å². The third-order valence-electron chi connectivity index (χ3n) is 5.48. The molecule has 0 bridgehead atoms. The van der Waals surface area contributed by atoms with Crippen LogP contribution >= 0.6 is 0 Å². The molecule has 6 heteroatoms.